The molecular weight excluding hydrogens is 699 g/mol. The number of hydrogen-bond donors (Lipinski definition) is 3. The highest BCUT2D eigenvalue weighted by Crippen LogP contribution is 2.30. The van der Waals surface area contributed by atoms with Gasteiger partial charge in [-0.2, -0.15) is 0 Å². The van der Waals surface area contributed by atoms with Crippen molar-refractivity contribution in [3.63, 3.8) is 0 Å². The van der Waals surface area contributed by atoms with Gasteiger partial charge in [-0.15, -0.1) is 0 Å². The predicted molar refractivity (Wildman–Crippen MR) is 218 cm³/mol. The number of aliphatic hydroxyl groups is 1. The number of likely N-dealkylation sites (tertiary alicyclic amines) is 1. The highest BCUT2D eigenvalue weighted by atomic mass is 16.5. The fraction of sp³-hybridized carbons (Fsp3) is 0.767. The van der Waals surface area contributed by atoms with E-state index in [4.69, 9.17) is 9.47 Å². The van der Waals surface area contributed by atoms with Crippen LogP contribution < -0.4 is 10.6 Å². The lowest BCUT2D eigenvalue weighted by Crippen LogP contribution is -2.61. The first-order chi connectivity index (χ1) is 25.6. The zero-order chi connectivity index (χ0) is 41.9. The highest BCUT2D eigenvalue weighted by Gasteiger charge is 2.43. The molecule has 1 aromatic rings. The normalized spacial score (nSPS) is 20.0. The molecule has 0 radical (unpaired) electrons. The second-order valence-electron chi connectivity index (χ2n) is 17.4. The Hall–Kier alpha value is -3.06. The Kier molecular flexibility index (Phi) is 18.8. The minimum Gasteiger partial charge on any atom is -0.386 e. The number of aliphatic hydroxyl groups excluding tert-OH is 1. The maximum atomic E-state index is 14.4. The number of benzene rings is 1. The van der Waals surface area contributed by atoms with E-state index in [-0.39, 0.29) is 59.4 Å². The van der Waals surface area contributed by atoms with Crippen molar-refractivity contribution in [2.75, 3.05) is 34.9 Å². The van der Waals surface area contributed by atoms with Crippen LogP contribution in [0, 0.1) is 23.7 Å². The molecule has 10 atom stereocenters. The summed E-state index contributed by atoms with van der Waals surface area (Å²) in [6, 6.07) is 6.65. The van der Waals surface area contributed by atoms with E-state index in [1.165, 1.54) is 0 Å². The summed E-state index contributed by atoms with van der Waals surface area (Å²) in [5.41, 5.74) is 0.454. The van der Waals surface area contributed by atoms with Crippen molar-refractivity contribution < 1.29 is 33.8 Å². The minimum atomic E-state index is -0.878. The van der Waals surface area contributed by atoms with Crippen LogP contribution in [0.25, 0.3) is 0 Å². The van der Waals surface area contributed by atoms with Gasteiger partial charge >= 0.3 is 0 Å². The third-order valence-electron chi connectivity index (χ3n) is 11.8. The van der Waals surface area contributed by atoms with Gasteiger partial charge in [0.25, 0.3) is 0 Å². The van der Waals surface area contributed by atoms with E-state index in [9.17, 15) is 24.3 Å². The zero-order valence-corrected chi connectivity index (χ0v) is 36.6. The van der Waals surface area contributed by atoms with Crippen molar-refractivity contribution >= 4 is 23.6 Å². The Labute approximate surface area is 332 Å². The lowest BCUT2D eigenvalue weighted by Gasteiger charge is -2.42. The molecule has 2 rings (SSSR count). The molecule has 1 aliphatic rings. The van der Waals surface area contributed by atoms with Crippen molar-refractivity contribution in [1.82, 2.24) is 25.3 Å². The Morgan fingerprint density at radius 3 is 2.00 bits per heavy atom. The van der Waals surface area contributed by atoms with Crippen LogP contribution in [-0.2, 0) is 28.7 Å². The fourth-order valence-corrected chi connectivity index (χ4v) is 7.99. The lowest BCUT2D eigenvalue weighted by atomic mass is 9.89. The monoisotopic (exact) mass is 774 g/mol. The summed E-state index contributed by atoms with van der Waals surface area (Å²) in [5.74, 6) is -1.62. The first kappa shape index (κ1) is 48.1. The number of amides is 4. The van der Waals surface area contributed by atoms with Gasteiger partial charge in [-0.3, -0.25) is 24.1 Å². The Balaban J connectivity index is 2.28. The third-order valence-corrected chi connectivity index (χ3v) is 11.8. The van der Waals surface area contributed by atoms with Crippen molar-refractivity contribution in [2.45, 2.75) is 156 Å². The van der Waals surface area contributed by atoms with Crippen molar-refractivity contribution in [1.29, 1.82) is 0 Å². The van der Waals surface area contributed by atoms with E-state index in [0.29, 0.717) is 18.5 Å². The fourth-order valence-electron chi connectivity index (χ4n) is 7.99. The summed E-state index contributed by atoms with van der Waals surface area (Å²) < 4.78 is 12.0. The molecule has 12 nitrogen and oxygen atoms in total. The first-order valence-electron chi connectivity index (χ1n) is 20.3. The molecular formula is C43H75N5O7. The largest absolute Gasteiger partial charge is 0.386 e. The van der Waals surface area contributed by atoms with Crippen molar-refractivity contribution in [3.8, 4) is 0 Å². The summed E-state index contributed by atoms with van der Waals surface area (Å²) in [4.78, 5) is 61.5. The lowest BCUT2D eigenvalue weighted by molar-refractivity contribution is -0.148. The average molecular weight is 774 g/mol. The molecule has 55 heavy (non-hydrogen) atoms. The molecule has 1 unspecified atom stereocenters. The predicted octanol–water partition coefficient (Wildman–Crippen LogP) is 5.04. The van der Waals surface area contributed by atoms with E-state index in [1.54, 1.807) is 44.9 Å². The van der Waals surface area contributed by atoms with Gasteiger partial charge in [0, 0.05) is 33.4 Å². The smallest absolute Gasteiger partial charge is 0.245 e. The van der Waals surface area contributed by atoms with E-state index in [2.05, 4.69) is 43.2 Å². The number of likely N-dealkylation sites (N-methyl/N-ethyl adjacent to an activating group) is 2. The van der Waals surface area contributed by atoms with Gasteiger partial charge in [-0.25, -0.2) is 0 Å². The van der Waals surface area contributed by atoms with Gasteiger partial charge in [0.15, 0.2) is 0 Å². The van der Waals surface area contributed by atoms with E-state index in [1.807, 2.05) is 72.0 Å². The molecule has 0 spiro atoms. The SMILES string of the molecule is CCC(C)[C@@H]([C@@H](CC(=O)N1CCC[C@H]1[C@H](OC)[C@@H](C)C(=O)N[C@H](C)[C@@H](O)c1ccccc1)OC)N(C)C(=O)[C@@H](NC(=O)[C@H](C(C)C)N(C)C(C)(C)C)C(C)C. The first-order valence-corrected chi connectivity index (χ1v) is 20.3. The number of ether oxygens (including phenoxy) is 2. The molecule has 0 aliphatic carbocycles. The molecule has 1 aromatic carbocycles. The van der Waals surface area contributed by atoms with Crippen molar-refractivity contribution in [2.24, 2.45) is 23.7 Å². The molecule has 4 amide bonds. The second kappa shape index (κ2) is 21.5. The summed E-state index contributed by atoms with van der Waals surface area (Å²) in [6.07, 6.45) is 0.119. The van der Waals surface area contributed by atoms with Gasteiger partial charge in [0.2, 0.25) is 23.6 Å². The van der Waals surface area contributed by atoms with Crippen LogP contribution in [-0.4, -0.2) is 126 Å². The summed E-state index contributed by atoms with van der Waals surface area (Å²) in [6.45, 7) is 22.2. The van der Waals surface area contributed by atoms with Gasteiger partial charge < -0.3 is 35.0 Å². The number of nitrogens with one attached hydrogen (secondary N) is 2. The molecule has 0 aromatic heterocycles. The molecule has 314 valence electrons. The van der Waals surface area contributed by atoms with Gasteiger partial charge in [0.05, 0.1) is 54.8 Å². The van der Waals surface area contributed by atoms with Gasteiger partial charge in [-0.05, 0) is 70.9 Å². The molecule has 1 fully saturated rings. The number of carbonyl (C=O) groups excluding carboxylic acids is 4. The molecule has 12 heteroatoms. The molecule has 0 bridgehead atoms. The number of rotatable bonds is 20. The Morgan fingerprint density at radius 2 is 1.51 bits per heavy atom. The maximum absolute atomic E-state index is 14.4. The number of carbonyl (C=O) groups is 4. The number of methoxy groups -OCH3 is 2. The average Bonchev–Trinajstić information content (AvgIpc) is 3.62. The molecule has 1 heterocycles. The van der Waals surface area contributed by atoms with Crippen LogP contribution in [0.15, 0.2) is 30.3 Å². The molecule has 1 aliphatic heterocycles. The quantitative estimate of drug-likeness (QED) is 0.168. The summed E-state index contributed by atoms with van der Waals surface area (Å²) in [7, 11) is 6.81. The third kappa shape index (κ3) is 12.5. The van der Waals surface area contributed by atoms with Crippen LogP contribution >= 0.6 is 0 Å². The number of nitrogens with zero attached hydrogens (tertiary/aromatic N) is 3. The minimum absolute atomic E-state index is 0.0159. The molecule has 1 saturated heterocycles. The van der Waals surface area contributed by atoms with Gasteiger partial charge in [0.1, 0.15) is 6.04 Å². The second-order valence-corrected chi connectivity index (χ2v) is 17.4. The van der Waals surface area contributed by atoms with Crippen molar-refractivity contribution in [3.05, 3.63) is 35.9 Å². The Bertz CT molecular complexity index is 1370. The van der Waals surface area contributed by atoms with Crippen LogP contribution in [0.2, 0.25) is 0 Å². The maximum Gasteiger partial charge on any atom is 0.245 e. The van der Waals surface area contributed by atoms with E-state index in [0.717, 1.165) is 12.8 Å². The van der Waals surface area contributed by atoms with Gasteiger partial charge in [-0.1, -0.05) is 85.2 Å². The van der Waals surface area contributed by atoms with Crippen LogP contribution in [0.1, 0.15) is 114 Å². The highest BCUT2D eigenvalue weighted by molar-refractivity contribution is 5.90. The van der Waals surface area contributed by atoms with Crippen LogP contribution in [0.4, 0.5) is 0 Å². The van der Waals surface area contributed by atoms with E-state index >= 15 is 0 Å². The molecule has 0 saturated carbocycles. The Morgan fingerprint density at radius 1 is 0.909 bits per heavy atom. The summed E-state index contributed by atoms with van der Waals surface area (Å²) >= 11 is 0. The standard InChI is InChI=1S/C43H75N5O7/c1-16-28(6)37(46(12)42(53)35(26(2)3)45-41(52)36(27(4)5)47(13)43(9,10)11)33(54-14)25-34(49)48-24-20-23-32(48)39(55-15)29(7)40(51)44-30(8)38(50)31-21-18-17-19-22-31/h17-19,21-22,26-30,32-33,35-39,50H,16,20,23-25H2,1-15H3,(H,44,51)(H,45,52)/t28?,29-,30-,32+,33-,35+,36+,37+,38-,39-/m1/s1. The number of hydrogen-bond acceptors (Lipinski definition) is 8. The van der Waals surface area contributed by atoms with Crippen LogP contribution in [0.5, 0.6) is 0 Å². The van der Waals surface area contributed by atoms with E-state index < -0.39 is 48.4 Å². The summed E-state index contributed by atoms with van der Waals surface area (Å²) in [5, 5.41) is 16.9. The molecule has 3 N–H and O–H groups in total. The topological polar surface area (TPSA) is 141 Å². The van der Waals surface area contributed by atoms with Crippen LogP contribution in [0.3, 0.4) is 0 Å². The zero-order valence-electron chi connectivity index (χ0n) is 36.6.